The van der Waals surface area contributed by atoms with Crippen LogP contribution in [0, 0.1) is 12.8 Å². The van der Waals surface area contributed by atoms with Gasteiger partial charge in [-0.25, -0.2) is 0 Å². The van der Waals surface area contributed by atoms with E-state index in [0.29, 0.717) is 30.3 Å². The zero-order valence-electron chi connectivity index (χ0n) is 13.4. The monoisotopic (exact) mass is 304 g/mol. The van der Waals surface area contributed by atoms with Gasteiger partial charge in [0.15, 0.2) is 0 Å². The topological polar surface area (TPSA) is 67.4 Å². The Morgan fingerprint density at radius 2 is 2.14 bits per heavy atom. The molecule has 1 atom stereocenters. The van der Waals surface area contributed by atoms with Crippen molar-refractivity contribution in [3.05, 3.63) is 29.3 Å². The van der Waals surface area contributed by atoms with Crippen molar-refractivity contribution in [1.82, 2.24) is 5.32 Å². The van der Waals surface area contributed by atoms with Gasteiger partial charge in [0.25, 0.3) is 11.8 Å². The second kappa shape index (κ2) is 7.40. The van der Waals surface area contributed by atoms with E-state index in [9.17, 15) is 9.59 Å². The molecule has 1 fully saturated rings. The van der Waals surface area contributed by atoms with E-state index in [2.05, 4.69) is 10.6 Å². The highest BCUT2D eigenvalue weighted by Gasteiger charge is 2.24. The first-order valence-electron chi connectivity index (χ1n) is 7.78. The Hall–Kier alpha value is -1.88. The number of hydrogen-bond acceptors (Lipinski definition) is 3. The molecule has 1 aromatic rings. The Morgan fingerprint density at radius 1 is 1.36 bits per heavy atom. The molecule has 1 saturated heterocycles. The molecule has 0 aromatic heterocycles. The fraction of sp³-hybridized carbons (Fsp3) is 0.529. The van der Waals surface area contributed by atoms with Crippen LogP contribution in [0.1, 0.15) is 42.6 Å². The summed E-state index contributed by atoms with van der Waals surface area (Å²) in [5, 5.41) is 5.75. The fourth-order valence-electron chi connectivity index (χ4n) is 2.29. The smallest absolute Gasteiger partial charge is 0.253 e. The number of carbonyl (C=O) groups is 2. The molecule has 5 heteroatoms. The van der Waals surface area contributed by atoms with E-state index in [-0.39, 0.29) is 17.9 Å². The Labute approximate surface area is 131 Å². The normalized spacial score (nSPS) is 17.5. The molecular formula is C17H24N2O3. The van der Waals surface area contributed by atoms with Gasteiger partial charge in [0, 0.05) is 24.4 Å². The summed E-state index contributed by atoms with van der Waals surface area (Å²) in [6.07, 6.45) is 1.28. The predicted molar refractivity (Wildman–Crippen MR) is 86.0 cm³/mol. The number of hydrogen-bond donors (Lipinski definition) is 2. The number of aryl methyl sites for hydroxylation is 1. The van der Waals surface area contributed by atoms with Gasteiger partial charge in [-0.05, 0) is 43.4 Å². The predicted octanol–water partition coefficient (Wildman–Crippen LogP) is 2.50. The van der Waals surface area contributed by atoms with E-state index in [1.807, 2.05) is 26.8 Å². The third kappa shape index (κ3) is 4.31. The number of rotatable bonds is 5. The van der Waals surface area contributed by atoms with Crippen LogP contribution in [0.4, 0.5) is 5.69 Å². The lowest BCUT2D eigenvalue weighted by molar-refractivity contribution is -0.124. The molecule has 1 aliphatic heterocycles. The highest BCUT2D eigenvalue weighted by molar-refractivity contribution is 5.99. The van der Waals surface area contributed by atoms with Crippen molar-refractivity contribution in [2.24, 2.45) is 5.92 Å². The highest BCUT2D eigenvalue weighted by Crippen LogP contribution is 2.20. The summed E-state index contributed by atoms with van der Waals surface area (Å²) in [5.74, 6) is 0.134. The van der Waals surface area contributed by atoms with Crippen LogP contribution in [0.5, 0.6) is 0 Å². The molecule has 22 heavy (non-hydrogen) atoms. The second-order valence-electron chi connectivity index (χ2n) is 6.12. The van der Waals surface area contributed by atoms with Crippen molar-refractivity contribution in [3.63, 3.8) is 0 Å². The molecule has 120 valence electrons. The van der Waals surface area contributed by atoms with E-state index in [1.165, 1.54) is 0 Å². The van der Waals surface area contributed by atoms with Crippen molar-refractivity contribution in [3.8, 4) is 0 Å². The quantitative estimate of drug-likeness (QED) is 0.878. The maximum absolute atomic E-state index is 12.1. The molecule has 0 spiro atoms. The number of carbonyl (C=O) groups excluding carboxylic acids is 2. The van der Waals surface area contributed by atoms with Gasteiger partial charge in [-0.1, -0.05) is 19.9 Å². The molecule has 0 bridgehead atoms. The van der Waals surface area contributed by atoms with Gasteiger partial charge in [0.2, 0.25) is 0 Å². The van der Waals surface area contributed by atoms with Gasteiger partial charge >= 0.3 is 0 Å². The first-order valence-corrected chi connectivity index (χ1v) is 7.78. The number of ether oxygens (including phenoxy) is 1. The third-order valence-corrected chi connectivity index (χ3v) is 3.65. The summed E-state index contributed by atoms with van der Waals surface area (Å²) in [4.78, 5) is 24.2. The minimum Gasteiger partial charge on any atom is -0.368 e. The molecule has 2 amide bonds. The molecule has 2 N–H and O–H groups in total. The van der Waals surface area contributed by atoms with E-state index in [1.54, 1.807) is 12.1 Å². The van der Waals surface area contributed by atoms with Gasteiger partial charge in [0.1, 0.15) is 6.10 Å². The molecule has 1 aromatic carbocycles. The van der Waals surface area contributed by atoms with E-state index in [0.717, 1.165) is 18.4 Å². The average molecular weight is 304 g/mol. The molecule has 1 unspecified atom stereocenters. The zero-order valence-corrected chi connectivity index (χ0v) is 13.4. The average Bonchev–Trinajstić information content (AvgIpc) is 3.01. The summed E-state index contributed by atoms with van der Waals surface area (Å²) in [7, 11) is 0. The van der Waals surface area contributed by atoms with Crippen LogP contribution in [0.2, 0.25) is 0 Å². The van der Waals surface area contributed by atoms with Crippen molar-refractivity contribution in [1.29, 1.82) is 0 Å². The molecule has 0 aliphatic carbocycles. The van der Waals surface area contributed by atoms with Crippen LogP contribution in [-0.2, 0) is 9.53 Å². The zero-order chi connectivity index (χ0) is 16.1. The number of benzene rings is 1. The molecule has 2 rings (SSSR count). The Kier molecular flexibility index (Phi) is 5.55. The van der Waals surface area contributed by atoms with Gasteiger partial charge < -0.3 is 15.4 Å². The van der Waals surface area contributed by atoms with E-state index < -0.39 is 0 Å². The summed E-state index contributed by atoms with van der Waals surface area (Å²) < 4.78 is 5.38. The fourth-order valence-corrected chi connectivity index (χ4v) is 2.29. The first-order chi connectivity index (χ1) is 10.5. The lowest BCUT2D eigenvalue weighted by Gasteiger charge is -2.14. The molecule has 0 radical (unpaired) electrons. The molecule has 1 aliphatic rings. The van der Waals surface area contributed by atoms with Crippen LogP contribution in [0.15, 0.2) is 18.2 Å². The number of anilines is 1. The van der Waals surface area contributed by atoms with Crippen molar-refractivity contribution < 1.29 is 14.3 Å². The van der Waals surface area contributed by atoms with Crippen molar-refractivity contribution >= 4 is 17.5 Å². The van der Waals surface area contributed by atoms with E-state index >= 15 is 0 Å². The van der Waals surface area contributed by atoms with E-state index in [4.69, 9.17) is 4.74 Å². The molecular weight excluding hydrogens is 280 g/mol. The minimum absolute atomic E-state index is 0.124. The Balaban J connectivity index is 2.06. The van der Waals surface area contributed by atoms with Gasteiger partial charge in [-0.15, -0.1) is 0 Å². The summed E-state index contributed by atoms with van der Waals surface area (Å²) in [6, 6.07) is 5.33. The largest absolute Gasteiger partial charge is 0.368 e. The van der Waals surface area contributed by atoms with Crippen LogP contribution < -0.4 is 10.6 Å². The third-order valence-electron chi connectivity index (χ3n) is 3.65. The molecule has 5 nitrogen and oxygen atoms in total. The lowest BCUT2D eigenvalue weighted by Crippen LogP contribution is -2.28. The number of amides is 2. The van der Waals surface area contributed by atoms with Gasteiger partial charge in [0.05, 0.1) is 0 Å². The first kappa shape index (κ1) is 16.5. The molecule has 0 saturated carbocycles. The summed E-state index contributed by atoms with van der Waals surface area (Å²) in [5.41, 5.74) is 2.14. The summed E-state index contributed by atoms with van der Waals surface area (Å²) in [6.45, 7) is 7.26. The van der Waals surface area contributed by atoms with Crippen molar-refractivity contribution in [2.75, 3.05) is 18.5 Å². The lowest BCUT2D eigenvalue weighted by atomic mass is 10.1. The Bertz CT molecular complexity index is 549. The van der Waals surface area contributed by atoms with Crippen LogP contribution in [0.3, 0.4) is 0 Å². The SMILES string of the molecule is Cc1ccc(C(=O)NCC(C)C)cc1NC(=O)C1CCCO1. The number of nitrogens with one attached hydrogen (secondary N) is 2. The minimum atomic E-state index is -0.377. The van der Waals surface area contributed by atoms with Crippen LogP contribution >= 0.6 is 0 Å². The van der Waals surface area contributed by atoms with Crippen molar-refractivity contribution in [2.45, 2.75) is 39.7 Å². The Morgan fingerprint density at radius 3 is 2.77 bits per heavy atom. The standard InChI is InChI=1S/C17H24N2O3/c1-11(2)10-18-16(20)13-7-6-12(3)14(9-13)19-17(21)15-5-4-8-22-15/h6-7,9,11,15H,4-5,8,10H2,1-3H3,(H,18,20)(H,19,21). The molecule has 1 heterocycles. The van der Waals surface area contributed by atoms with Crippen LogP contribution in [0.25, 0.3) is 0 Å². The second-order valence-corrected chi connectivity index (χ2v) is 6.12. The van der Waals surface area contributed by atoms with Gasteiger partial charge in [-0.2, -0.15) is 0 Å². The highest BCUT2D eigenvalue weighted by atomic mass is 16.5. The van der Waals surface area contributed by atoms with Gasteiger partial charge in [-0.3, -0.25) is 9.59 Å². The summed E-state index contributed by atoms with van der Waals surface area (Å²) >= 11 is 0. The van der Waals surface area contributed by atoms with Crippen LogP contribution in [-0.4, -0.2) is 31.1 Å². The maximum Gasteiger partial charge on any atom is 0.253 e. The maximum atomic E-state index is 12.1.